The fourth-order valence-corrected chi connectivity index (χ4v) is 2.26. The van der Waals surface area contributed by atoms with Gasteiger partial charge in [-0.2, -0.15) is 0 Å². The Kier molecular flexibility index (Phi) is 6.13. The van der Waals surface area contributed by atoms with Crippen LogP contribution in [-0.4, -0.2) is 23.8 Å². The Hall–Kier alpha value is -2.17. The van der Waals surface area contributed by atoms with Gasteiger partial charge in [0.25, 0.3) is 0 Å². The van der Waals surface area contributed by atoms with Gasteiger partial charge >= 0.3 is 5.97 Å². The smallest absolute Gasteiger partial charge is 0.336 e. The molecule has 0 aromatic heterocycles. The average Bonchev–Trinajstić information content (AvgIpc) is 2.57. The van der Waals surface area contributed by atoms with Crippen LogP contribution in [0.1, 0.15) is 24.1 Å². The predicted octanol–water partition coefficient (Wildman–Crippen LogP) is 2.44. The predicted molar refractivity (Wildman–Crippen MR) is 85.1 cm³/mol. The fraction of sp³-hybridized carbons (Fsp3) is 0.278. The Morgan fingerprint density at radius 3 is 2.27 bits per heavy atom. The topological polar surface area (TPSA) is 58.6 Å². The van der Waals surface area contributed by atoms with Crippen molar-refractivity contribution in [2.75, 3.05) is 6.61 Å². The molecule has 2 rings (SSSR count). The van der Waals surface area contributed by atoms with Crippen LogP contribution in [0.2, 0.25) is 0 Å². The highest BCUT2D eigenvalue weighted by Gasteiger charge is 2.28. The number of aliphatic hydroxyl groups excluding tert-OH is 1. The number of carbonyl (C=O) groups is 1. The van der Waals surface area contributed by atoms with Crippen molar-refractivity contribution >= 4 is 5.97 Å². The van der Waals surface area contributed by atoms with Crippen LogP contribution < -0.4 is 5.32 Å². The highest BCUT2D eigenvalue weighted by molar-refractivity contribution is 5.75. The number of hydrogen-bond acceptors (Lipinski definition) is 4. The number of hydrogen-bond donors (Lipinski definition) is 2. The molecule has 0 aliphatic heterocycles. The van der Waals surface area contributed by atoms with E-state index in [1.165, 1.54) is 0 Å². The zero-order valence-electron chi connectivity index (χ0n) is 12.6. The lowest BCUT2D eigenvalue weighted by molar-refractivity contribution is -0.154. The van der Waals surface area contributed by atoms with Gasteiger partial charge in [0, 0.05) is 6.54 Å². The summed E-state index contributed by atoms with van der Waals surface area (Å²) in [6.07, 6.45) is -1.24. The molecule has 2 atom stereocenters. The third-order valence-corrected chi connectivity index (χ3v) is 3.37. The van der Waals surface area contributed by atoms with Crippen LogP contribution in [-0.2, 0) is 16.1 Å². The molecule has 0 radical (unpaired) electrons. The van der Waals surface area contributed by atoms with Crippen molar-refractivity contribution in [3.05, 3.63) is 71.8 Å². The molecule has 2 aromatic rings. The number of ether oxygens (including phenoxy) is 1. The van der Waals surface area contributed by atoms with E-state index in [2.05, 4.69) is 5.32 Å². The molecule has 2 N–H and O–H groups in total. The van der Waals surface area contributed by atoms with E-state index in [0.717, 1.165) is 11.1 Å². The van der Waals surface area contributed by atoms with Crippen LogP contribution in [0.25, 0.3) is 0 Å². The number of carbonyl (C=O) groups excluding carboxylic acids is 1. The second-order valence-electron chi connectivity index (χ2n) is 4.95. The number of nitrogens with one attached hydrogen (secondary N) is 1. The van der Waals surface area contributed by atoms with Crippen molar-refractivity contribution in [2.45, 2.75) is 25.6 Å². The summed E-state index contributed by atoms with van der Waals surface area (Å²) in [6, 6.07) is 18.7. The van der Waals surface area contributed by atoms with Crippen molar-refractivity contribution in [3.63, 3.8) is 0 Å². The SMILES string of the molecule is CCOC(=O)[C@H](O)[C@@H](NCc1ccccc1)c1ccccc1. The van der Waals surface area contributed by atoms with E-state index in [1.54, 1.807) is 6.92 Å². The van der Waals surface area contributed by atoms with Gasteiger partial charge in [0.1, 0.15) is 0 Å². The summed E-state index contributed by atoms with van der Waals surface area (Å²) in [5.74, 6) is -0.614. The Morgan fingerprint density at radius 2 is 1.68 bits per heavy atom. The van der Waals surface area contributed by atoms with E-state index in [-0.39, 0.29) is 6.61 Å². The van der Waals surface area contributed by atoms with Crippen LogP contribution in [0, 0.1) is 0 Å². The summed E-state index contributed by atoms with van der Waals surface area (Å²) in [5, 5.41) is 13.5. The molecule has 116 valence electrons. The normalized spacial score (nSPS) is 13.4. The van der Waals surface area contributed by atoms with Crippen LogP contribution in [0.4, 0.5) is 0 Å². The maximum atomic E-state index is 11.9. The molecular weight excluding hydrogens is 278 g/mol. The van der Waals surface area contributed by atoms with Gasteiger partial charge in [-0.15, -0.1) is 0 Å². The molecule has 0 bridgehead atoms. The van der Waals surface area contributed by atoms with Gasteiger partial charge in [0.05, 0.1) is 12.6 Å². The monoisotopic (exact) mass is 299 g/mol. The molecule has 4 heteroatoms. The van der Waals surface area contributed by atoms with Gasteiger partial charge in [-0.3, -0.25) is 0 Å². The van der Waals surface area contributed by atoms with Gasteiger partial charge in [-0.05, 0) is 18.1 Å². The molecular formula is C18H21NO3. The number of benzene rings is 2. The van der Waals surface area contributed by atoms with Crippen LogP contribution in [0.3, 0.4) is 0 Å². The Morgan fingerprint density at radius 1 is 1.09 bits per heavy atom. The van der Waals surface area contributed by atoms with Crippen molar-refractivity contribution in [1.82, 2.24) is 5.32 Å². The first-order valence-electron chi connectivity index (χ1n) is 7.39. The zero-order valence-corrected chi connectivity index (χ0v) is 12.6. The number of rotatable bonds is 7. The van der Waals surface area contributed by atoms with Crippen LogP contribution in [0.15, 0.2) is 60.7 Å². The summed E-state index contributed by atoms with van der Waals surface area (Å²) < 4.78 is 4.93. The first-order valence-corrected chi connectivity index (χ1v) is 7.39. The Labute approximate surface area is 130 Å². The first-order chi connectivity index (χ1) is 10.7. The second kappa shape index (κ2) is 8.32. The Bertz CT molecular complexity index is 571. The van der Waals surface area contributed by atoms with Crippen molar-refractivity contribution in [3.8, 4) is 0 Å². The molecule has 0 heterocycles. The summed E-state index contributed by atoms with van der Waals surface area (Å²) in [7, 11) is 0. The molecule has 0 aliphatic rings. The summed E-state index contributed by atoms with van der Waals surface area (Å²) in [6.45, 7) is 2.52. The molecule has 0 spiro atoms. The van der Waals surface area contributed by atoms with Gasteiger partial charge < -0.3 is 15.2 Å². The second-order valence-corrected chi connectivity index (χ2v) is 4.95. The zero-order chi connectivity index (χ0) is 15.8. The van der Waals surface area contributed by atoms with E-state index in [0.29, 0.717) is 6.54 Å². The molecule has 0 amide bonds. The molecule has 0 fully saturated rings. The maximum Gasteiger partial charge on any atom is 0.336 e. The van der Waals surface area contributed by atoms with E-state index >= 15 is 0 Å². The Balaban J connectivity index is 2.13. The minimum atomic E-state index is -1.24. The molecule has 2 aromatic carbocycles. The third kappa shape index (κ3) is 4.41. The lowest BCUT2D eigenvalue weighted by Crippen LogP contribution is -2.38. The summed E-state index contributed by atoms with van der Waals surface area (Å²) in [5.41, 5.74) is 1.93. The minimum absolute atomic E-state index is 0.246. The maximum absolute atomic E-state index is 11.9. The summed E-state index contributed by atoms with van der Waals surface area (Å²) >= 11 is 0. The largest absolute Gasteiger partial charge is 0.464 e. The molecule has 0 saturated carbocycles. The number of esters is 1. The van der Waals surface area contributed by atoms with Crippen LogP contribution >= 0.6 is 0 Å². The molecule has 22 heavy (non-hydrogen) atoms. The van der Waals surface area contributed by atoms with Gasteiger partial charge in [0.15, 0.2) is 6.10 Å². The molecule has 4 nitrogen and oxygen atoms in total. The standard InChI is InChI=1S/C18H21NO3/c1-2-22-18(21)17(20)16(15-11-7-4-8-12-15)19-13-14-9-5-3-6-10-14/h3-12,16-17,19-20H,2,13H2,1H3/t16-,17+/m0/s1. The highest BCUT2D eigenvalue weighted by atomic mass is 16.5. The summed E-state index contributed by atoms with van der Waals surface area (Å²) in [4.78, 5) is 11.9. The van der Waals surface area contributed by atoms with E-state index in [4.69, 9.17) is 4.74 Å². The quantitative estimate of drug-likeness (QED) is 0.771. The first kappa shape index (κ1) is 16.2. The van der Waals surface area contributed by atoms with Gasteiger partial charge in [-0.25, -0.2) is 4.79 Å². The van der Waals surface area contributed by atoms with Gasteiger partial charge in [-0.1, -0.05) is 60.7 Å². The van der Waals surface area contributed by atoms with Crippen molar-refractivity contribution in [2.24, 2.45) is 0 Å². The molecule has 0 aliphatic carbocycles. The van der Waals surface area contributed by atoms with Crippen molar-refractivity contribution in [1.29, 1.82) is 0 Å². The number of aliphatic hydroxyl groups is 1. The van der Waals surface area contributed by atoms with Crippen molar-refractivity contribution < 1.29 is 14.6 Å². The fourth-order valence-electron chi connectivity index (χ4n) is 2.26. The minimum Gasteiger partial charge on any atom is -0.464 e. The average molecular weight is 299 g/mol. The molecule has 0 saturated heterocycles. The lowest BCUT2D eigenvalue weighted by atomic mass is 10.0. The third-order valence-electron chi connectivity index (χ3n) is 3.37. The van der Waals surface area contributed by atoms with Gasteiger partial charge in [0.2, 0.25) is 0 Å². The van der Waals surface area contributed by atoms with E-state index < -0.39 is 18.1 Å². The van der Waals surface area contributed by atoms with Crippen LogP contribution in [0.5, 0.6) is 0 Å². The lowest BCUT2D eigenvalue weighted by Gasteiger charge is -2.23. The molecule has 0 unspecified atom stereocenters. The van der Waals surface area contributed by atoms with E-state index in [9.17, 15) is 9.90 Å². The van der Waals surface area contributed by atoms with E-state index in [1.807, 2.05) is 60.7 Å². The highest BCUT2D eigenvalue weighted by Crippen LogP contribution is 2.19.